The molecule has 0 saturated heterocycles. The summed E-state index contributed by atoms with van der Waals surface area (Å²) in [6.45, 7) is 4.42. The summed E-state index contributed by atoms with van der Waals surface area (Å²) < 4.78 is 0. The number of carbonyl (C=O) groups excluding carboxylic acids is 1. The molecule has 65 valence electrons. The molecule has 0 saturated carbocycles. The molecule has 0 rings (SSSR count). The van der Waals surface area contributed by atoms with Crippen LogP contribution in [0.5, 0.6) is 0 Å². The fourth-order valence-electron chi connectivity index (χ4n) is 0.952. The fourth-order valence-corrected chi connectivity index (χ4v) is 0.952. The van der Waals surface area contributed by atoms with Gasteiger partial charge < -0.3 is 0 Å². The number of hydrogen-bond acceptors (Lipinski definition) is 1. The molecule has 1 amide bonds. The number of rotatable bonds is 6. The van der Waals surface area contributed by atoms with Crippen LogP contribution in [0.25, 0.3) is 0 Å². The Labute approximate surface area is 69.4 Å². The molecule has 0 aliphatic heterocycles. The van der Waals surface area contributed by atoms with Crippen LogP contribution in [-0.4, -0.2) is 12.5 Å². The molecule has 1 radical (unpaired) electrons. The van der Waals surface area contributed by atoms with Crippen LogP contribution in [0, 0.1) is 0 Å². The molecule has 0 unspecified atom stereocenters. The van der Waals surface area contributed by atoms with Crippen LogP contribution in [-0.2, 0) is 4.79 Å². The third kappa shape index (κ3) is 9.47. The predicted octanol–water partition coefficient (Wildman–Crippen LogP) is 2.11. The molecule has 0 spiro atoms. The molecular formula is C9H18NO. The number of amides is 1. The van der Waals surface area contributed by atoms with Gasteiger partial charge in [0.25, 0.3) is 0 Å². The van der Waals surface area contributed by atoms with Crippen molar-refractivity contribution in [3.63, 3.8) is 0 Å². The van der Waals surface area contributed by atoms with Crippen LogP contribution < -0.4 is 5.32 Å². The first kappa shape index (κ1) is 10.5. The Morgan fingerprint density at radius 2 is 1.82 bits per heavy atom. The summed E-state index contributed by atoms with van der Waals surface area (Å²) in [7, 11) is 0. The lowest BCUT2D eigenvalue weighted by atomic mass is 10.1. The molecule has 0 aliphatic rings. The highest BCUT2D eigenvalue weighted by Crippen LogP contribution is 2.01. The minimum atomic E-state index is -0.0412. The summed E-state index contributed by atoms with van der Waals surface area (Å²) in [5, 5.41) is 3.78. The summed E-state index contributed by atoms with van der Waals surface area (Å²) in [6, 6.07) is 0. The van der Waals surface area contributed by atoms with Crippen LogP contribution in [0.3, 0.4) is 0 Å². The Bertz CT molecular complexity index is 102. The zero-order valence-electron chi connectivity index (χ0n) is 7.60. The number of hydrogen-bond donors (Lipinski definition) is 0. The quantitative estimate of drug-likeness (QED) is 0.542. The largest absolute Gasteiger partial charge is 0.273 e. The molecule has 0 aromatic carbocycles. The first-order chi connectivity index (χ1) is 5.27. The average molecular weight is 156 g/mol. The molecule has 0 N–H and O–H groups in total. The van der Waals surface area contributed by atoms with Gasteiger partial charge in [0.2, 0.25) is 5.91 Å². The SMILES string of the molecule is CCCCCCC[N]C(C)=O. The molecule has 0 bridgehead atoms. The van der Waals surface area contributed by atoms with Crippen molar-refractivity contribution in [1.29, 1.82) is 0 Å². The van der Waals surface area contributed by atoms with Gasteiger partial charge in [0.1, 0.15) is 0 Å². The number of nitrogens with zero attached hydrogens (tertiary/aromatic N) is 1. The lowest BCUT2D eigenvalue weighted by molar-refractivity contribution is -0.119. The van der Waals surface area contributed by atoms with Gasteiger partial charge in [0.15, 0.2) is 0 Å². The van der Waals surface area contributed by atoms with Gasteiger partial charge in [-0.25, -0.2) is 0 Å². The lowest BCUT2D eigenvalue weighted by Gasteiger charge is -1.98. The second-order valence-corrected chi connectivity index (χ2v) is 2.81. The molecule has 0 atom stereocenters. The highest BCUT2D eigenvalue weighted by atomic mass is 16.1. The van der Waals surface area contributed by atoms with E-state index in [1.54, 1.807) is 0 Å². The maximum Gasteiger partial charge on any atom is 0.238 e. The van der Waals surface area contributed by atoms with Crippen molar-refractivity contribution in [3.05, 3.63) is 0 Å². The third-order valence-corrected chi connectivity index (χ3v) is 1.60. The normalized spacial score (nSPS) is 9.64. The maximum atomic E-state index is 10.4. The van der Waals surface area contributed by atoms with E-state index in [0.29, 0.717) is 0 Å². The fraction of sp³-hybridized carbons (Fsp3) is 0.889. The Balaban J connectivity index is 2.85. The zero-order valence-corrected chi connectivity index (χ0v) is 7.60. The van der Waals surface area contributed by atoms with E-state index in [0.717, 1.165) is 13.0 Å². The highest BCUT2D eigenvalue weighted by molar-refractivity contribution is 5.72. The summed E-state index contributed by atoms with van der Waals surface area (Å²) in [5.41, 5.74) is 0. The highest BCUT2D eigenvalue weighted by Gasteiger charge is 1.92. The van der Waals surface area contributed by atoms with E-state index < -0.39 is 0 Å². The van der Waals surface area contributed by atoms with Gasteiger partial charge in [-0.1, -0.05) is 32.6 Å². The average Bonchev–Trinajstić information content (AvgIpc) is 1.96. The Hall–Kier alpha value is -0.530. The molecule has 0 aromatic heterocycles. The van der Waals surface area contributed by atoms with Gasteiger partial charge in [0, 0.05) is 13.5 Å². The van der Waals surface area contributed by atoms with E-state index in [4.69, 9.17) is 0 Å². The van der Waals surface area contributed by atoms with Gasteiger partial charge in [0.05, 0.1) is 0 Å². The standard InChI is InChI=1S/C9H18NO/c1-3-4-5-6-7-8-10-9(2)11/h3-8H2,1-2H3. The van der Waals surface area contributed by atoms with Gasteiger partial charge in [-0.05, 0) is 6.42 Å². The summed E-state index contributed by atoms with van der Waals surface area (Å²) in [4.78, 5) is 10.4. The van der Waals surface area contributed by atoms with E-state index in [1.807, 2.05) is 0 Å². The van der Waals surface area contributed by atoms with Crippen LogP contribution >= 0.6 is 0 Å². The Kier molecular flexibility index (Phi) is 7.21. The lowest BCUT2D eigenvalue weighted by Crippen LogP contribution is -2.12. The summed E-state index contributed by atoms with van der Waals surface area (Å²) in [5.74, 6) is -0.0412. The van der Waals surface area contributed by atoms with Crippen LogP contribution in [0.15, 0.2) is 0 Å². The minimum absolute atomic E-state index is 0.0412. The van der Waals surface area contributed by atoms with E-state index in [2.05, 4.69) is 12.2 Å². The first-order valence-corrected chi connectivity index (χ1v) is 4.45. The first-order valence-electron chi connectivity index (χ1n) is 4.45. The minimum Gasteiger partial charge on any atom is -0.273 e. The van der Waals surface area contributed by atoms with Gasteiger partial charge in [-0.15, -0.1) is 0 Å². The third-order valence-electron chi connectivity index (χ3n) is 1.60. The molecule has 0 aliphatic carbocycles. The Morgan fingerprint density at radius 3 is 2.36 bits per heavy atom. The van der Waals surface area contributed by atoms with Crippen molar-refractivity contribution >= 4 is 5.91 Å². The summed E-state index contributed by atoms with van der Waals surface area (Å²) >= 11 is 0. The van der Waals surface area contributed by atoms with E-state index in [9.17, 15) is 4.79 Å². The zero-order chi connectivity index (χ0) is 8.53. The van der Waals surface area contributed by atoms with Crippen molar-refractivity contribution in [2.45, 2.75) is 46.0 Å². The summed E-state index contributed by atoms with van der Waals surface area (Å²) in [6.07, 6.45) is 6.14. The van der Waals surface area contributed by atoms with Gasteiger partial charge in [-0.3, -0.25) is 10.1 Å². The predicted molar refractivity (Wildman–Crippen MR) is 46.4 cm³/mol. The molecule has 11 heavy (non-hydrogen) atoms. The van der Waals surface area contributed by atoms with Crippen LogP contribution in [0.2, 0.25) is 0 Å². The molecule has 2 heteroatoms. The smallest absolute Gasteiger partial charge is 0.238 e. The molecule has 0 aromatic rings. The van der Waals surface area contributed by atoms with E-state index in [1.165, 1.54) is 32.6 Å². The van der Waals surface area contributed by atoms with Crippen LogP contribution in [0.1, 0.15) is 46.0 Å². The van der Waals surface area contributed by atoms with Crippen molar-refractivity contribution in [2.24, 2.45) is 0 Å². The van der Waals surface area contributed by atoms with Crippen LogP contribution in [0.4, 0.5) is 0 Å². The van der Waals surface area contributed by atoms with Crippen molar-refractivity contribution < 1.29 is 4.79 Å². The monoisotopic (exact) mass is 156 g/mol. The second-order valence-electron chi connectivity index (χ2n) is 2.81. The molecule has 0 fully saturated rings. The number of carbonyl (C=O) groups is 1. The van der Waals surface area contributed by atoms with Gasteiger partial charge >= 0.3 is 0 Å². The van der Waals surface area contributed by atoms with Gasteiger partial charge in [-0.2, -0.15) is 0 Å². The van der Waals surface area contributed by atoms with Crippen molar-refractivity contribution in [3.8, 4) is 0 Å². The van der Waals surface area contributed by atoms with E-state index >= 15 is 0 Å². The Morgan fingerprint density at radius 1 is 1.18 bits per heavy atom. The molecule has 0 heterocycles. The second kappa shape index (κ2) is 7.58. The molecular weight excluding hydrogens is 138 g/mol. The number of unbranched alkanes of at least 4 members (excludes halogenated alkanes) is 4. The van der Waals surface area contributed by atoms with Crippen molar-refractivity contribution in [1.82, 2.24) is 5.32 Å². The maximum absolute atomic E-state index is 10.4. The van der Waals surface area contributed by atoms with E-state index in [-0.39, 0.29) is 5.91 Å². The van der Waals surface area contributed by atoms with Crippen molar-refractivity contribution in [2.75, 3.05) is 6.54 Å². The topological polar surface area (TPSA) is 31.2 Å². The molecule has 2 nitrogen and oxygen atoms in total.